The van der Waals surface area contributed by atoms with Crippen LogP contribution in [0.2, 0.25) is 0 Å². The van der Waals surface area contributed by atoms with Gasteiger partial charge in [-0.05, 0) is 45.4 Å². The van der Waals surface area contributed by atoms with Gasteiger partial charge in [-0.15, -0.1) is 0 Å². The molecule has 1 aromatic rings. The summed E-state index contributed by atoms with van der Waals surface area (Å²) in [6, 6.07) is 5.75. The average molecular weight is 253 g/mol. The molecule has 0 amide bonds. The summed E-state index contributed by atoms with van der Waals surface area (Å²) < 4.78 is 18.3. The third-order valence-electron chi connectivity index (χ3n) is 2.74. The Labute approximate surface area is 107 Å². The highest BCUT2D eigenvalue weighted by atomic mass is 19.1. The van der Waals surface area contributed by atoms with Crippen molar-refractivity contribution in [1.82, 2.24) is 0 Å². The summed E-state index contributed by atoms with van der Waals surface area (Å²) in [6.45, 7) is 7.20. The Morgan fingerprint density at radius 1 is 1.22 bits per heavy atom. The fourth-order valence-electron chi connectivity index (χ4n) is 1.53. The lowest BCUT2D eigenvalue weighted by Crippen LogP contribution is -2.44. The number of carbonyl (C=O) groups is 1. The van der Waals surface area contributed by atoms with Crippen LogP contribution in [0.5, 0.6) is 0 Å². The van der Waals surface area contributed by atoms with Crippen LogP contribution in [-0.2, 0) is 14.9 Å². The van der Waals surface area contributed by atoms with Gasteiger partial charge in [-0.1, -0.05) is 12.1 Å². The first kappa shape index (κ1) is 14.6. The van der Waals surface area contributed by atoms with Gasteiger partial charge < -0.3 is 10.5 Å². The fraction of sp³-hybridized carbons (Fsp3) is 0.500. The maximum atomic E-state index is 12.9. The molecule has 0 heterocycles. The molecule has 0 fully saturated rings. The summed E-state index contributed by atoms with van der Waals surface area (Å²) in [7, 11) is 0. The Kier molecular flexibility index (Phi) is 4.12. The van der Waals surface area contributed by atoms with Crippen molar-refractivity contribution < 1.29 is 13.9 Å². The number of ether oxygens (including phenoxy) is 1. The van der Waals surface area contributed by atoms with Crippen LogP contribution in [0.4, 0.5) is 4.39 Å². The van der Waals surface area contributed by atoms with Crippen molar-refractivity contribution in [3.8, 4) is 0 Å². The van der Waals surface area contributed by atoms with Gasteiger partial charge >= 0.3 is 5.97 Å². The molecule has 18 heavy (non-hydrogen) atoms. The second-order valence-electron chi connectivity index (χ2n) is 5.55. The van der Waals surface area contributed by atoms with Crippen LogP contribution in [0.25, 0.3) is 0 Å². The number of esters is 1. The Hall–Kier alpha value is -1.42. The summed E-state index contributed by atoms with van der Waals surface area (Å²) in [5.41, 5.74) is 4.82. The number of hydrogen-bond acceptors (Lipinski definition) is 3. The minimum absolute atomic E-state index is 0.105. The first-order valence-corrected chi connectivity index (χ1v) is 5.88. The van der Waals surface area contributed by atoms with E-state index in [1.807, 2.05) is 0 Å². The zero-order chi connectivity index (χ0) is 14.0. The number of carbonyl (C=O) groups excluding carboxylic acids is 1. The molecule has 0 radical (unpaired) electrons. The van der Waals surface area contributed by atoms with Crippen LogP contribution in [-0.4, -0.2) is 18.1 Å². The zero-order valence-corrected chi connectivity index (χ0v) is 11.3. The number of nitrogens with two attached hydrogens (primary N) is 1. The van der Waals surface area contributed by atoms with Gasteiger partial charge in [-0.25, -0.2) is 4.39 Å². The first-order valence-electron chi connectivity index (χ1n) is 5.88. The summed E-state index contributed by atoms with van der Waals surface area (Å²) in [5, 5.41) is 0. The van der Waals surface area contributed by atoms with Crippen LogP contribution in [0.1, 0.15) is 33.3 Å². The van der Waals surface area contributed by atoms with E-state index in [4.69, 9.17) is 10.5 Å². The Morgan fingerprint density at radius 2 is 1.72 bits per heavy atom. The van der Waals surface area contributed by atoms with Crippen molar-refractivity contribution >= 4 is 5.97 Å². The minimum atomic E-state index is -0.957. The number of hydrogen-bond donors (Lipinski definition) is 1. The molecular weight excluding hydrogens is 233 g/mol. The quantitative estimate of drug-likeness (QED) is 0.841. The predicted octanol–water partition coefficient (Wildman–Crippen LogP) is 2.38. The summed E-state index contributed by atoms with van der Waals surface area (Å²) in [5.74, 6) is -0.744. The van der Waals surface area contributed by atoms with Gasteiger partial charge in [0.2, 0.25) is 0 Å². The highest BCUT2D eigenvalue weighted by molar-refractivity contribution is 5.83. The molecule has 0 aliphatic carbocycles. The minimum Gasteiger partial charge on any atom is -0.459 e. The van der Waals surface area contributed by atoms with Crippen molar-refractivity contribution in [3.63, 3.8) is 0 Å². The standard InChI is InChI=1S/C14H20FNO2/c1-13(2,3)18-12(17)14(4,9-16)10-5-7-11(15)8-6-10/h5-8H,9,16H2,1-4H3. The Morgan fingerprint density at radius 3 is 2.11 bits per heavy atom. The molecule has 1 atom stereocenters. The molecule has 4 heteroatoms. The van der Waals surface area contributed by atoms with Gasteiger partial charge in [0.25, 0.3) is 0 Å². The van der Waals surface area contributed by atoms with E-state index in [0.29, 0.717) is 5.56 Å². The lowest BCUT2D eigenvalue weighted by atomic mass is 9.82. The van der Waals surface area contributed by atoms with Crippen molar-refractivity contribution in [2.75, 3.05) is 6.54 Å². The van der Waals surface area contributed by atoms with Gasteiger partial charge in [0.15, 0.2) is 0 Å². The van der Waals surface area contributed by atoms with Crippen molar-refractivity contribution in [1.29, 1.82) is 0 Å². The second-order valence-corrected chi connectivity index (χ2v) is 5.55. The van der Waals surface area contributed by atoms with Gasteiger partial charge in [0, 0.05) is 6.54 Å². The van der Waals surface area contributed by atoms with Crippen LogP contribution in [0, 0.1) is 5.82 Å². The van der Waals surface area contributed by atoms with E-state index < -0.39 is 17.0 Å². The number of halogens is 1. The molecule has 0 aliphatic heterocycles. The van der Waals surface area contributed by atoms with E-state index in [-0.39, 0.29) is 12.4 Å². The molecule has 100 valence electrons. The van der Waals surface area contributed by atoms with E-state index in [9.17, 15) is 9.18 Å². The monoisotopic (exact) mass is 253 g/mol. The van der Waals surface area contributed by atoms with Crippen LogP contribution in [0.15, 0.2) is 24.3 Å². The summed E-state index contributed by atoms with van der Waals surface area (Å²) in [4.78, 5) is 12.2. The van der Waals surface area contributed by atoms with Gasteiger partial charge in [0.1, 0.15) is 16.8 Å². The largest absolute Gasteiger partial charge is 0.459 e. The van der Waals surface area contributed by atoms with Crippen LogP contribution < -0.4 is 5.73 Å². The molecule has 0 saturated heterocycles. The molecule has 0 aliphatic rings. The highest BCUT2D eigenvalue weighted by Gasteiger charge is 2.37. The van der Waals surface area contributed by atoms with E-state index in [1.54, 1.807) is 39.8 Å². The SMILES string of the molecule is CC(C)(C)OC(=O)C(C)(CN)c1ccc(F)cc1. The second kappa shape index (κ2) is 5.06. The fourth-order valence-corrected chi connectivity index (χ4v) is 1.53. The molecule has 1 rings (SSSR count). The van der Waals surface area contributed by atoms with E-state index >= 15 is 0 Å². The summed E-state index contributed by atoms with van der Waals surface area (Å²) in [6.07, 6.45) is 0. The van der Waals surface area contributed by atoms with Gasteiger partial charge in [-0.3, -0.25) is 4.79 Å². The first-order chi connectivity index (χ1) is 8.19. The molecule has 0 aromatic heterocycles. The average Bonchev–Trinajstić information content (AvgIpc) is 2.26. The maximum Gasteiger partial charge on any atom is 0.318 e. The molecule has 0 spiro atoms. The normalized spacial score (nSPS) is 15.0. The van der Waals surface area contributed by atoms with Crippen molar-refractivity contribution in [2.45, 2.75) is 38.7 Å². The summed E-state index contributed by atoms with van der Waals surface area (Å²) >= 11 is 0. The maximum absolute atomic E-state index is 12.9. The molecule has 3 nitrogen and oxygen atoms in total. The zero-order valence-electron chi connectivity index (χ0n) is 11.3. The van der Waals surface area contributed by atoms with Crippen molar-refractivity contribution in [2.24, 2.45) is 5.73 Å². The van der Waals surface area contributed by atoms with Gasteiger partial charge in [0.05, 0.1) is 0 Å². The lowest BCUT2D eigenvalue weighted by Gasteiger charge is -2.30. The molecule has 1 aromatic carbocycles. The predicted molar refractivity (Wildman–Crippen MR) is 68.7 cm³/mol. The molecule has 0 saturated carbocycles. The smallest absolute Gasteiger partial charge is 0.318 e. The number of rotatable bonds is 3. The van der Waals surface area contributed by atoms with Crippen LogP contribution in [0.3, 0.4) is 0 Å². The highest BCUT2D eigenvalue weighted by Crippen LogP contribution is 2.26. The third kappa shape index (κ3) is 3.29. The Bertz CT molecular complexity index is 422. The van der Waals surface area contributed by atoms with Gasteiger partial charge in [-0.2, -0.15) is 0 Å². The molecule has 1 unspecified atom stereocenters. The van der Waals surface area contributed by atoms with E-state index in [2.05, 4.69) is 0 Å². The molecular formula is C14H20FNO2. The van der Waals surface area contributed by atoms with E-state index in [1.165, 1.54) is 12.1 Å². The lowest BCUT2D eigenvalue weighted by molar-refractivity contribution is -0.161. The van der Waals surface area contributed by atoms with E-state index in [0.717, 1.165) is 0 Å². The number of benzene rings is 1. The Balaban J connectivity index is 3.05. The molecule has 0 bridgehead atoms. The van der Waals surface area contributed by atoms with Crippen molar-refractivity contribution in [3.05, 3.63) is 35.6 Å². The third-order valence-corrected chi connectivity index (χ3v) is 2.74. The molecule has 2 N–H and O–H groups in total. The topological polar surface area (TPSA) is 52.3 Å². The van der Waals surface area contributed by atoms with Crippen LogP contribution >= 0.6 is 0 Å².